The van der Waals surface area contributed by atoms with Crippen LogP contribution in [0.5, 0.6) is 0 Å². The minimum absolute atomic E-state index is 0.0608. The van der Waals surface area contributed by atoms with E-state index in [-0.39, 0.29) is 11.4 Å². The molecule has 1 saturated carbocycles. The van der Waals surface area contributed by atoms with Gasteiger partial charge in [-0.15, -0.1) is 0 Å². The Morgan fingerprint density at radius 1 is 1.22 bits per heavy atom. The Kier molecular flexibility index (Phi) is 5.60. The van der Waals surface area contributed by atoms with Crippen molar-refractivity contribution in [2.45, 2.75) is 70.4 Å². The second-order valence-electron chi connectivity index (χ2n) is 6.51. The minimum Gasteiger partial charge on any atom is -0.389 e. The number of carbonyl (C=O) groups excluding carboxylic acids is 1. The van der Waals surface area contributed by atoms with E-state index in [4.69, 9.17) is 0 Å². The van der Waals surface area contributed by atoms with Crippen molar-refractivity contribution in [2.75, 3.05) is 13.1 Å². The van der Waals surface area contributed by atoms with Crippen LogP contribution in [0.4, 0.5) is 0 Å². The molecule has 0 bridgehead atoms. The van der Waals surface area contributed by atoms with Crippen LogP contribution in [0.2, 0.25) is 0 Å². The molecular formula is C14H28N2O2. The zero-order valence-corrected chi connectivity index (χ0v) is 12.0. The van der Waals surface area contributed by atoms with Crippen LogP contribution in [0, 0.1) is 0 Å². The smallest absolute Gasteiger partial charge is 0.221 e. The molecule has 1 aliphatic rings. The van der Waals surface area contributed by atoms with Gasteiger partial charge in [0.05, 0.1) is 5.60 Å². The van der Waals surface area contributed by atoms with E-state index in [9.17, 15) is 9.90 Å². The first-order chi connectivity index (χ1) is 8.31. The largest absolute Gasteiger partial charge is 0.389 e. The third-order valence-electron chi connectivity index (χ3n) is 3.28. The molecular weight excluding hydrogens is 228 g/mol. The second kappa shape index (κ2) is 6.53. The van der Waals surface area contributed by atoms with Gasteiger partial charge < -0.3 is 15.7 Å². The molecule has 1 fully saturated rings. The monoisotopic (exact) mass is 256 g/mol. The molecule has 0 aromatic rings. The third kappa shape index (κ3) is 6.36. The van der Waals surface area contributed by atoms with Crippen molar-refractivity contribution >= 4 is 5.91 Å². The quantitative estimate of drug-likeness (QED) is 0.654. The lowest BCUT2D eigenvalue weighted by atomic mass is 9.85. The molecule has 0 heterocycles. The van der Waals surface area contributed by atoms with E-state index < -0.39 is 5.60 Å². The van der Waals surface area contributed by atoms with Gasteiger partial charge in [0.1, 0.15) is 0 Å². The van der Waals surface area contributed by atoms with Crippen molar-refractivity contribution in [1.29, 1.82) is 0 Å². The predicted molar refractivity (Wildman–Crippen MR) is 73.4 cm³/mol. The first kappa shape index (κ1) is 15.4. The van der Waals surface area contributed by atoms with E-state index in [1.807, 2.05) is 20.8 Å². The van der Waals surface area contributed by atoms with Crippen molar-refractivity contribution in [3.05, 3.63) is 0 Å². The van der Waals surface area contributed by atoms with Crippen molar-refractivity contribution in [1.82, 2.24) is 10.6 Å². The van der Waals surface area contributed by atoms with Crippen LogP contribution in [0.25, 0.3) is 0 Å². The number of aliphatic hydroxyl groups is 1. The van der Waals surface area contributed by atoms with Crippen LogP contribution in [0.3, 0.4) is 0 Å². The highest BCUT2D eigenvalue weighted by atomic mass is 16.3. The molecule has 4 heteroatoms. The first-order valence-electron chi connectivity index (χ1n) is 7.05. The van der Waals surface area contributed by atoms with Gasteiger partial charge in [-0.3, -0.25) is 4.79 Å². The van der Waals surface area contributed by atoms with E-state index in [1.54, 1.807) is 0 Å². The summed E-state index contributed by atoms with van der Waals surface area (Å²) in [5.41, 5.74) is -0.711. The summed E-state index contributed by atoms with van der Waals surface area (Å²) < 4.78 is 0. The molecule has 106 valence electrons. The minimum atomic E-state index is -0.543. The van der Waals surface area contributed by atoms with E-state index in [1.165, 1.54) is 6.42 Å². The SMILES string of the molecule is CC(C)(C)NC(=O)CCNCC1(O)CCCCC1. The Hall–Kier alpha value is -0.610. The molecule has 18 heavy (non-hydrogen) atoms. The molecule has 4 nitrogen and oxygen atoms in total. The number of amides is 1. The highest BCUT2D eigenvalue weighted by Crippen LogP contribution is 2.27. The maximum Gasteiger partial charge on any atom is 0.221 e. The molecule has 0 unspecified atom stereocenters. The first-order valence-corrected chi connectivity index (χ1v) is 7.05. The lowest BCUT2D eigenvalue weighted by molar-refractivity contribution is -0.122. The summed E-state index contributed by atoms with van der Waals surface area (Å²) in [6, 6.07) is 0. The van der Waals surface area contributed by atoms with Crippen molar-refractivity contribution in [3.8, 4) is 0 Å². The standard InChI is InChI=1S/C14H28N2O2/c1-13(2,3)16-12(17)7-10-15-11-14(18)8-5-4-6-9-14/h15,18H,4-11H2,1-3H3,(H,16,17). The number of hydrogen-bond donors (Lipinski definition) is 3. The van der Waals surface area contributed by atoms with Gasteiger partial charge in [-0.1, -0.05) is 19.3 Å². The predicted octanol–water partition coefficient (Wildman–Crippen LogP) is 1.58. The summed E-state index contributed by atoms with van der Waals surface area (Å²) in [5, 5.41) is 16.4. The lowest BCUT2D eigenvalue weighted by Crippen LogP contribution is -2.44. The van der Waals surface area contributed by atoms with Crippen molar-refractivity contribution in [3.63, 3.8) is 0 Å². The van der Waals surface area contributed by atoms with Crippen LogP contribution in [-0.4, -0.2) is 35.2 Å². The van der Waals surface area contributed by atoms with E-state index in [0.29, 0.717) is 19.5 Å². The molecule has 0 aliphatic heterocycles. The van der Waals surface area contributed by atoms with Crippen LogP contribution in [0.1, 0.15) is 59.3 Å². The Morgan fingerprint density at radius 2 is 1.83 bits per heavy atom. The van der Waals surface area contributed by atoms with Gasteiger partial charge in [-0.2, -0.15) is 0 Å². The van der Waals surface area contributed by atoms with Gasteiger partial charge in [0, 0.05) is 25.0 Å². The van der Waals surface area contributed by atoms with Crippen LogP contribution < -0.4 is 10.6 Å². The molecule has 1 aliphatic carbocycles. The fraction of sp³-hybridized carbons (Fsp3) is 0.929. The van der Waals surface area contributed by atoms with Crippen LogP contribution in [0.15, 0.2) is 0 Å². The molecule has 0 spiro atoms. The Balaban J connectivity index is 2.12. The zero-order chi connectivity index (χ0) is 13.6. The summed E-state index contributed by atoms with van der Waals surface area (Å²) >= 11 is 0. The van der Waals surface area contributed by atoms with Gasteiger partial charge in [0.2, 0.25) is 5.91 Å². The van der Waals surface area contributed by atoms with Gasteiger partial charge in [-0.05, 0) is 33.6 Å². The van der Waals surface area contributed by atoms with Crippen molar-refractivity contribution in [2.24, 2.45) is 0 Å². The Morgan fingerprint density at radius 3 is 2.39 bits per heavy atom. The summed E-state index contributed by atoms with van der Waals surface area (Å²) in [7, 11) is 0. The topological polar surface area (TPSA) is 61.4 Å². The lowest BCUT2D eigenvalue weighted by Gasteiger charge is -2.32. The van der Waals surface area contributed by atoms with Crippen LogP contribution >= 0.6 is 0 Å². The average molecular weight is 256 g/mol. The molecule has 0 saturated heterocycles. The van der Waals surface area contributed by atoms with Gasteiger partial charge in [0.15, 0.2) is 0 Å². The van der Waals surface area contributed by atoms with Gasteiger partial charge in [0.25, 0.3) is 0 Å². The maximum absolute atomic E-state index is 11.6. The molecule has 0 radical (unpaired) electrons. The van der Waals surface area contributed by atoms with E-state index >= 15 is 0 Å². The summed E-state index contributed by atoms with van der Waals surface area (Å²) in [4.78, 5) is 11.6. The zero-order valence-electron chi connectivity index (χ0n) is 12.0. The summed E-state index contributed by atoms with van der Waals surface area (Å²) in [6.45, 7) is 7.16. The summed E-state index contributed by atoms with van der Waals surface area (Å²) in [5.74, 6) is 0.0608. The van der Waals surface area contributed by atoms with Crippen LogP contribution in [-0.2, 0) is 4.79 Å². The van der Waals surface area contributed by atoms with Gasteiger partial charge >= 0.3 is 0 Å². The average Bonchev–Trinajstić information content (AvgIpc) is 2.23. The highest BCUT2D eigenvalue weighted by Gasteiger charge is 2.28. The number of hydrogen-bond acceptors (Lipinski definition) is 3. The van der Waals surface area contributed by atoms with Crippen molar-refractivity contribution < 1.29 is 9.90 Å². The molecule has 0 atom stereocenters. The highest BCUT2D eigenvalue weighted by molar-refractivity contribution is 5.76. The molecule has 0 aromatic heterocycles. The second-order valence-corrected chi connectivity index (χ2v) is 6.51. The number of nitrogens with one attached hydrogen (secondary N) is 2. The molecule has 0 aromatic carbocycles. The third-order valence-corrected chi connectivity index (χ3v) is 3.28. The summed E-state index contributed by atoms with van der Waals surface area (Å²) in [6.07, 6.45) is 5.69. The normalized spacial score (nSPS) is 19.6. The Bertz CT molecular complexity index is 265. The number of carbonyl (C=O) groups is 1. The fourth-order valence-corrected chi connectivity index (χ4v) is 2.39. The molecule has 1 amide bonds. The molecule has 3 N–H and O–H groups in total. The molecule has 1 rings (SSSR count). The maximum atomic E-state index is 11.6. The van der Waals surface area contributed by atoms with E-state index in [2.05, 4.69) is 10.6 Å². The number of rotatable bonds is 5. The Labute approximate surface area is 111 Å². The van der Waals surface area contributed by atoms with E-state index in [0.717, 1.165) is 25.7 Å². The van der Waals surface area contributed by atoms with Gasteiger partial charge in [-0.25, -0.2) is 0 Å². The fourth-order valence-electron chi connectivity index (χ4n) is 2.39.